The summed E-state index contributed by atoms with van der Waals surface area (Å²) in [5, 5.41) is 3.92. The van der Waals surface area contributed by atoms with Crippen LogP contribution < -0.4 is 5.73 Å². The van der Waals surface area contributed by atoms with Crippen molar-refractivity contribution in [3.63, 3.8) is 0 Å². The molecular weight excluding hydrogens is 274 g/mol. The van der Waals surface area contributed by atoms with Crippen LogP contribution >= 0.6 is 11.8 Å². The van der Waals surface area contributed by atoms with Crippen molar-refractivity contribution in [2.45, 2.75) is 10.6 Å². The molecule has 100 valence electrons. The van der Waals surface area contributed by atoms with E-state index in [1.807, 2.05) is 24.3 Å². The highest BCUT2D eigenvalue weighted by Crippen LogP contribution is 2.22. The van der Waals surface area contributed by atoms with Crippen molar-refractivity contribution in [2.24, 2.45) is 0 Å². The molecule has 6 nitrogen and oxygen atoms in total. The Bertz CT molecular complexity index is 683. The van der Waals surface area contributed by atoms with Crippen molar-refractivity contribution in [1.29, 1.82) is 0 Å². The van der Waals surface area contributed by atoms with E-state index in [1.54, 1.807) is 30.2 Å². The predicted molar refractivity (Wildman–Crippen MR) is 75.7 cm³/mol. The smallest absolute Gasteiger partial charge is 0.237 e. The summed E-state index contributed by atoms with van der Waals surface area (Å²) in [5.41, 5.74) is 6.23. The Morgan fingerprint density at radius 3 is 2.85 bits per heavy atom. The van der Waals surface area contributed by atoms with Crippen LogP contribution in [0, 0.1) is 0 Å². The fraction of sp³-hybridized carbons (Fsp3) is 0.0769. The third-order valence-electron chi connectivity index (χ3n) is 2.48. The molecular formula is C13H11N5OS. The Morgan fingerprint density at radius 1 is 1.15 bits per heavy atom. The zero-order chi connectivity index (χ0) is 13.8. The van der Waals surface area contributed by atoms with E-state index in [1.165, 1.54) is 0 Å². The van der Waals surface area contributed by atoms with Crippen molar-refractivity contribution >= 4 is 17.6 Å². The number of hydrogen-bond donors (Lipinski definition) is 1. The minimum atomic E-state index is 0.497. The van der Waals surface area contributed by atoms with Crippen LogP contribution in [0.2, 0.25) is 0 Å². The van der Waals surface area contributed by atoms with E-state index in [2.05, 4.69) is 20.1 Å². The largest absolute Gasteiger partial charge is 0.384 e. The lowest BCUT2D eigenvalue weighted by Gasteiger charge is -1.97. The molecule has 0 bridgehead atoms. The SMILES string of the molecule is Nc1ccc(SCc2nc(-c3ccccn3)no2)cn1. The molecule has 0 radical (unpaired) electrons. The number of nitrogens with zero attached hydrogens (tertiary/aromatic N) is 4. The molecule has 3 aromatic rings. The highest BCUT2D eigenvalue weighted by atomic mass is 32.2. The molecule has 0 aliphatic heterocycles. The van der Waals surface area contributed by atoms with Crippen LogP contribution in [-0.2, 0) is 5.75 Å². The lowest BCUT2D eigenvalue weighted by atomic mass is 10.3. The number of nitrogens with two attached hydrogens (primary N) is 1. The van der Waals surface area contributed by atoms with Gasteiger partial charge < -0.3 is 10.3 Å². The molecule has 7 heteroatoms. The van der Waals surface area contributed by atoms with Gasteiger partial charge in [0, 0.05) is 17.3 Å². The lowest BCUT2D eigenvalue weighted by Crippen LogP contribution is -1.88. The number of pyridine rings is 2. The summed E-state index contributed by atoms with van der Waals surface area (Å²) in [6.07, 6.45) is 3.41. The fourth-order valence-corrected chi connectivity index (χ4v) is 2.23. The molecule has 0 aromatic carbocycles. The molecule has 0 fully saturated rings. The van der Waals surface area contributed by atoms with Crippen molar-refractivity contribution in [3.05, 3.63) is 48.6 Å². The molecule has 3 rings (SSSR count). The average molecular weight is 285 g/mol. The molecule has 3 heterocycles. The first kappa shape index (κ1) is 12.6. The third kappa shape index (κ3) is 2.94. The van der Waals surface area contributed by atoms with Gasteiger partial charge in [0.2, 0.25) is 11.7 Å². The maximum atomic E-state index is 5.53. The summed E-state index contributed by atoms with van der Waals surface area (Å²) >= 11 is 1.56. The Labute approximate surface area is 119 Å². The van der Waals surface area contributed by atoms with Gasteiger partial charge in [0.25, 0.3) is 0 Å². The van der Waals surface area contributed by atoms with Crippen LogP contribution in [-0.4, -0.2) is 20.1 Å². The van der Waals surface area contributed by atoms with Gasteiger partial charge in [0.05, 0.1) is 5.75 Å². The van der Waals surface area contributed by atoms with E-state index in [-0.39, 0.29) is 0 Å². The lowest BCUT2D eigenvalue weighted by molar-refractivity contribution is 0.391. The van der Waals surface area contributed by atoms with Crippen molar-refractivity contribution < 1.29 is 4.52 Å². The maximum absolute atomic E-state index is 5.53. The van der Waals surface area contributed by atoms with Gasteiger partial charge in [-0.3, -0.25) is 4.98 Å². The molecule has 0 saturated carbocycles. The first-order valence-corrected chi connectivity index (χ1v) is 6.88. The normalized spacial score (nSPS) is 10.6. The molecule has 0 aliphatic carbocycles. The standard InChI is InChI=1S/C13H11N5OS/c14-11-5-4-9(7-16-11)20-8-12-17-13(18-19-12)10-3-1-2-6-15-10/h1-7H,8H2,(H2,14,16). The molecule has 2 N–H and O–H groups in total. The van der Waals surface area contributed by atoms with Gasteiger partial charge in [0.1, 0.15) is 11.5 Å². The number of anilines is 1. The monoisotopic (exact) mass is 285 g/mol. The molecule has 0 unspecified atom stereocenters. The minimum absolute atomic E-state index is 0.497. The van der Waals surface area contributed by atoms with Crippen LogP contribution in [0.1, 0.15) is 5.89 Å². The van der Waals surface area contributed by atoms with E-state index in [4.69, 9.17) is 10.3 Å². The zero-order valence-electron chi connectivity index (χ0n) is 10.4. The first-order chi connectivity index (χ1) is 9.81. The molecule has 20 heavy (non-hydrogen) atoms. The van der Waals surface area contributed by atoms with Crippen LogP contribution in [0.3, 0.4) is 0 Å². The second-order valence-corrected chi connectivity index (χ2v) is 4.98. The fourth-order valence-electron chi connectivity index (χ4n) is 1.53. The summed E-state index contributed by atoms with van der Waals surface area (Å²) in [4.78, 5) is 13.5. The van der Waals surface area contributed by atoms with Gasteiger partial charge in [-0.1, -0.05) is 11.2 Å². The molecule has 3 aromatic heterocycles. The second-order valence-electron chi connectivity index (χ2n) is 3.93. The van der Waals surface area contributed by atoms with E-state index >= 15 is 0 Å². The van der Waals surface area contributed by atoms with Gasteiger partial charge in [-0.2, -0.15) is 4.98 Å². The van der Waals surface area contributed by atoms with Crippen molar-refractivity contribution in [1.82, 2.24) is 20.1 Å². The minimum Gasteiger partial charge on any atom is -0.384 e. The highest BCUT2D eigenvalue weighted by molar-refractivity contribution is 7.98. The molecule has 0 spiro atoms. The Kier molecular flexibility index (Phi) is 3.60. The summed E-state index contributed by atoms with van der Waals surface area (Å²) in [6, 6.07) is 9.23. The molecule has 0 amide bonds. The number of hydrogen-bond acceptors (Lipinski definition) is 7. The topological polar surface area (TPSA) is 90.7 Å². The van der Waals surface area contributed by atoms with Crippen molar-refractivity contribution in [3.8, 4) is 11.5 Å². The van der Waals surface area contributed by atoms with Crippen LogP contribution in [0.25, 0.3) is 11.5 Å². The highest BCUT2D eigenvalue weighted by Gasteiger charge is 2.09. The Hall–Kier alpha value is -2.41. The zero-order valence-corrected chi connectivity index (χ0v) is 11.2. The van der Waals surface area contributed by atoms with E-state index in [0.29, 0.717) is 29.0 Å². The van der Waals surface area contributed by atoms with Gasteiger partial charge in [-0.25, -0.2) is 4.98 Å². The summed E-state index contributed by atoms with van der Waals surface area (Å²) in [5.74, 6) is 2.12. The number of nitrogen functional groups attached to an aromatic ring is 1. The second kappa shape index (κ2) is 5.70. The molecule has 0 aliphatic rings. The summed E-state index contributed by atoms with van der Waals surface area (Å²) in [7, 11) is 0. The van der Waals surface area contributed by atoms with Gasteiger partial charge >= 0.3 is 0 Å². The van der Waals surface area contributed by atoms with E-state index < -0.39 is 0 Å². The number of aromatic nitrogens is 4. The predicted octanol–water partition coefficient (Wildman–Crippen LogP) is 2.40. The van der Waals surface area contributed by atoms with Crippen LogP contribution in [0.15, 0.2) is 52.1 Å². The van der Waals surface area contributed by atoms with Crippen molar-refractivity contribution in [2.75, 3.05) is 5.73 Å². The quantitative estimate of drug-likeness (QED) is 0.736. The van der Waals surface area contributed by atoms with E-state index in [9.17, 15) is 0 Å². The van der Waals surface area contributed by atoms with Crippen LogP contribution in [0.5, 0.6) is 0 Å². The Morgan fingerprint density at radius 2 is 2.10 bits per heavy atom. The molecule has 0 saturated heterocycles. The van der Waals surface area contributed by atoms with Gasteiger partial charge in [-0.05, 0) is 24.3 Å². The number of rotatable bonds is 4. The van der Waals surface area contributed by atoms with Crippen LogP contribution in [0.4, 0.5) is 5.82 Å². The number of thioether (sulfide) groups is 1. The Balaban J connectivity index is 1.67. The summed E-state index contributed by atoms with van der Waals surface area (Å²) < 4.78 is 5.20. The maximum Gasteiger partial charge on any atom is 0.237 e. The van der Waals surface area contributed by atoms with Gasteiger partial charge in [0.15, 0.2) is 0 Å². The van der Waals surface area contributed by atoms with E-state index in [0.717, 1.165) is 4.90 Å². The third-order valence-corrected chi connectivity index (χ3v) is 3.45. The summed E-state index contributed by atoms with van der Waals surface area (Å²) in [6.45, 7) is 0. The molecule has 0 atom stereocenters. The first-order valence-electron chi connectivity index (χ1n) is 5.89. The average Bonchev–Trinajstić information content (AvgIpc) is 2.97. The van der Waals surface area contributed by atoms with Gasteiger partial charge in [-0.15, -0.1) is 11.8 Å².